The van der Waals surface area contributed by atoms with Gasteiger partial charge in [0.05, 0.1) is 5.69 Å². The summed E-state index contributed by atoms with van der Waals surface area (Å²) in [4.78, 5) is 14.7. The van der Waals surface area contributed by atoms with Gasteiger partial charge < -0.3 is 4.98 Å². The SMILES string of the molecule is CC(C)c1cc(-c2cccc(-c3[c-]c(-c4ccccn4)ccc3)n2)c2[n-]c3ccc(C(C)(C)C)cc3c2c1.[Ni+2]. The van der Waals surface area contributed by atoms with Crippen LogP contribution < -0.4 is 4.98 Å². The van der Waals surface area contributed by atoms with Crippen LogP contribution in [0.1, 0.15) is 51.7 Å². The summed E-state index contributed by atoms with van der Waals surface area (Å²) < 4.78 is 0. The van der Waals surface area contributed by atoms with Crippen LogP contribution in [0.2, 0.25) is 0 Å². The summed E-state index contributed by atoms with van der Waals surface area (Å²) in [6.07, 6.45) is 1.81. The van der Waals surface area contributed by atoms with Gasteiger partial charge in [0.1, 0.15) is 0 Å². The number of nitrogens with zero attached hydrogens (tertiary/aromatic N) is 3. The topological polar surface area (TPSA) is 39.9 Å². The molecule has 3 heterocycles. The molecule has 6 aromatic rings. The average Bonchev–Trinajstić information content (AvgIpc) is 3.31. The number of hydrogen-bond acceptors (Lipinski definition) is 2. The second-order valence-corrected chi connectivity index (χ2v) is 11.3. The van der Waals surface area contributed by atoms with E-state index in [1.807, 2.05) is 42.6 Å². The van der Waals surface area contributed by atoms with Crippen LogP contribution in [0.3, 0.4) is 0 Å². The van der Waals surface area contributed by atoms with Crippen LogP contribution >= 0.6 is 0 Å². The largest absolute Gasteiger partial charge is 2.00 e. The maximum atomic E-state index is 5.13. The third-order valence-corrected chi connectivity index (χ3v) is 7.22. The summed E-state index contributed by atoms with van der Waals surface area (Å²) >= 11 is 0. The van der Waals surface area contributed by atoms with E-state index in [0.29, 0.717) is 5.92 Å². The monoisotopic (exact) mass is 551 g/mol. The van der Waals surface area contributed by atoms with Gasteiger partial charge in [-0.2, -0.15) is 0 Å². The van der Waals surface area contributed by atoms with Crippen molar-refractivity contribution in [2.75, 3.05) is 0 Å². The van der Waals surface area contributed by atoms with Crippen LogP contribution in [0.15, 0.2) is 91.1 Å². The molecule has 3 aromatic heterocycles. The van der Waals surface area contributed by atoms with Gasteiger partial charge in [-0.3, -0.25) is 9.97 Å². The predicted molar refractivity (Wildman–Crippen MR) is 158 cm³/mol. The van der Waals surface area contributed by atoms with Crippen molar-refractivity contribution in [2.45, 2.75) is 46.0 Å². The molecule has 0 fully saturated rings. The number of rotatable bonds is 4. The molecule has 0 bridgehead atoms. The zero-order valence-electron chi connectivity index (χ0n) is 22.9. The van der Waals surface area contributed by atoms with E-state index >= 15 is 0 Å². The maximum Gasteiger partial charge on any atom is 2.00 e. The predicted octanol–water partition coefficient (Wildman–Crippen LogP) is 8.96. The Morgan fingerprint density at radius 2 is 1.46 bits per heavy atom. The van der Waals surface area contributed by atoms with Gasteiger partial charge in [0.2, 0.25) is 0 Å². The standard InChI is InChI=1S/C35H31N3.Ni/c1-22(2)25-19-28-27-21-26(35(3,4)5)15-16-33(27)38-34(28)29(20-25)32-14-9-13-31(37-32)24-11-8-10-23(18-24)30-12-6-7-17-36-30;/h6-17,19-22H,1-5H3;/q-2;+2. The molecular formula is C35H31N3Ni. The van der Waals surface area contributed by atoms with Gasteiger partial charge in [0, 0.05) is 17.6 Å². The van der Waals surface area contributed by atoms with E-state index in [9.17, 15) is 0 Å². The van der Waals surface area contributed by atoms with Gasteiger partial charge in [-0.1, -0.05) is 100 Å². The van der Waals surface area contributed by atoms with E-state index in [1.54, 1.807) is 0 Å². The molecule has 0 N–H and O–H groups in total. The molecule has 39 heavy (non-hydrogen) atoms. The van der Waals surface area contributed by atoms with Gasteiger partial charge in [-0.05, 0) is 50.9 Å². The maximum absolute atomic E-state index is 5.13. The Morgan fingerprint density at radius 3 is 2.18 bits per heavy atom. The fourth-order valence-electron chi connectivity index (χ4n) is 4.97. The molecule has 4 heteroatoms. The van der Waals surface area contributed by atoms with Gasteiger partial charge in [-0.15, -0.1) is 35.3 Å². The van der Waals surface area contributed by atoms with E-state index < -0.39 is 0 Å². The molecule has 0 spiro atoms. The Balaban J connectivity index is 0.00000308. The Labute approximate surface area is 240 Å². The Morgan fingerprint density at radius 1 is 0.744 bits per heavy atom. The molecule has 0 atom stereocenters. The van der Waals surface area contributed by atoms with E-state index in [1.165, 1.54) is 21.9 Å². The smallest absolute Gasteiger partial charge is 0.656 e. The minimum Gasteiger partial charge on any atom is -0.656 e. The van der Waals surface area contributed by atoms with Crippen LogP contribution in [0, 0.1) is 6.07 Å². The third kappa shape index (κ3) is 5.14. The summed E-state index contributed by atoms with van der Waals surface area (Å²) in [5.41, 5.74) is 10.4. The summed E-state index contributed by atoms with van der Waals surface area (Å²) in [5, 5.41) is 2.41. The number of aromatic nitrogens is 3. The van der Waals surface area contributed by atoms with Crippen LogP contribution in [-0.4, -0.2) is 9.97 Å². The molecule has 0 radical (unpaired) electrons. The van der Waals surface area contributed by atoms with Crippen molar-refractivity contribution < 1.29 is 16.5 Å². The first kappa shape index (κ1) is 26.8. The molecule has 3 aromatic carbocycles. The minimum atomic E-state index is 0. The first-order chi connectivity index (χ1) is 18.3. The minimum absolute atomic E-state index is 0. The van der Waals surface area contributed by atoms with Crippen molar-refractivity contribution in [3.63, 3.8) is 0 Å². The molecule has 0 unspecified atom stereocenters. The van der Waals surface area contributed by atoms with Crippen molar-refractivity contribution >= 4 is 21.8 Å². The fraction of sp³-hybridized carbons (Fsp3) is 0.200. The van der Waals surface area contributed by atoms with Gasteiger partial charge in [0.25, 0.3) is 0 Å². The molecule has 0 saturated carbocycles. The van der Waals surface area contributed by atoms with E-state index in [4.69, 9.17) is 9.97 Å². The molecule has 0 aliphatic rings. The van der Waals surface area contributed by atoms with Crippen LogP contribution in [-0.2, 0) is 21.9 Å². The zero-order valence-corrected chi connectivity index (χ0v) is 23.9. The molecule has 196 valence electrons. The van der Waals surface area contributed by atoms with Crippen molar-refractivity contribution in [1.82, 2.24) is 15.0 Å². The second kappa shape index (κ2) is 10.4. The van der Waals surface area contributed by atoms with Crippen molar-refractivity contribution in [3.8, 4) is 33.8 Å². The van der Waals surface area contributed by atoms with Crippen molar-refractivity contribution in [3.05, 3.63) is 108 Å². The molecule has 3 nitrogen and oxygen atoms in total. The van der Waals surface area contributed by atoms with Gasteiger partial charge in [-0.25, -0.2) is 0 Å². The van der Waals surface area contributed by atoms with Crippen molar-refractivity contribution in [1.29, 1.82) is 0 Å². The summed E-state index contributed by atoms with van der Waals surface area (Å²) in [5.74, 6) is 0.389. The number of benzene rings is 3. The summed E-state index contributed by atoms with van der Waals surface area (Å²) in [6, 6.07) is 33.1. The Hall–Kier alpha value is -3.75. The van der Waals surface area contributed by atoms with E-state index in [0.717, 1.165) is 44.8 Å². The molecule has 0 saturated heterocycles. The number of hydrogen-bond donors (Lipinski definition) is 0. The quantitative estimate of drug-likeness (QED) is 0.162. The van der Waals surface area contributed by atoms with Crippen LogP contribution in [0.4, 0.5) is 0 Å². The molecule has 0 aliphatic heterocycles. The van der Waals surface area contributed by atoms with Crippen molar-refractivity contribution in [2.24, 2.45) is 0 Å². The third-order valence-electron chi connectivity index (χ3n) is 7.22. The van der Waals surface area contributed by atoms with Crippen LogP contribution in [0.25, 0.3) is 55.6 Å². The van der Waals surface area contributed by atoms with Gasteiger partial charge >= 0.3 is 16.5 Å². The number of fused-ring (bicyclic) bond motifs is 3. The number of pyridine rings is 2. The first-order valence-electron chi connectivity index (χ1n) is 13.2. The van der Waals surface area contributed by atoms with E-state index in [2.05, 4.69) is 94.2 Å². The molecular weight excluding hydrogens is 521 g/mol. The fourth-order valence-corrected chi connectivity index (χ4v) is 4.97. The average molecular weight is 552 g/mol. The Kier molecular flexibility index (Phi) is 7.18. The summed E-state index contributed by atoms with van der Waals surface area (Å²) in [7, 11) is 0. The summed E-state index contributed by atoms with van der Waals surface area (Å²) in [6.45, 7) is 11.3. The normalized spacial score (nSPS) is 11.7. The molecule has 0 amide bonds. The van der Waals surface area contributed by atoms with Crippen LogP contribution in [0.5, 0.6) is 0 Å². The van der Waals surface area contributed by atoms with E-state index in [-0.39, 0.29) is 21.9 Å². The van der Waals surface area contributed by atoms with Gasteiger partial charge in [0.15, 0.2) is 0 Å². The molecule has 0 aliphatic carbocycles. The zero-order chi connectivity index (χ0) is 26.4. The second-order valence-electron chi connectivity index (χ2n) is 11.3. The Bertz CT molecular complexity index is 1780. The molecule has 6 rings (SSSR count). The first-order valence-corrected chi connectivity index (χ1v) is 13.2.